The van der Waals surface area contributed by atoms with Crippen molar-refractivity contribution in [1.29, 1.82) is 0 Å². The van der Waals surface area contributed by atoms with Gasteiger partial charge in [-0.3, -0.25) is 0 Å². The summed E-state index contributed by atoms with van der Waals surface area (Å²) in [6, 6.07) is 3.00. The molecule has 1 aromatic rings. The Morgan fingerprint density at radius 3 is 2.29 bits per heavy atom. The number of ether oxygens (including phenoxy) is 2. The minimum absolute atomic E-state index is 0.0840. The largest absolute Gasteiger partial charge is 0.493 e. The Balaban J connectivity index is 2.73. The van der Waals surface area contributed by atoms with Crippen LogP contribution in [0.15, 0.2) is 22.8 Å². The van der Waals surface area contributed by atoms with Crippen molar-refractivity contribution < 1.29 is 22.1 Å². The molecule has 17 heavy (non-hydrogen) atoms. The van der Waals surface area contributed by atoms with E-state index in [2.05, 4.69) is 0 Å². The molecule has 0 aliphatic carbocycles. The molecular formula is C11H12O5S. The Morgan fingerprint density at radius 1 is 1.12 bits per heavy atom. The Bertz CT molecular complexity index is 586. The fourth-order valence-corrected chi connectivity index (χ4v) is 2.81. The topological polar surface area (TPSA) is 61.8 Å². The Hall–Kier alpha value is -1.69. The van der Waals surface area contributed by atoms with Gasteiger partial charge in [-0.15, -0.1) is 0 Å². The molecular weight excluding hydrogens is 244 g/mol. The summed E-state index contributed by atoms with van der Waals surface area (Å²) in [5.41, 5.74) is 0.534. The highest BCUT2D eigenvalue weighted by Crippen LogP contribution is 2.37. The molecule has 0 spiro atoms. The van der Waals surface area contributed by atoms with Gasteiger partial charge in [0.2, 0.25) is 0 Å². The van der Waals surface area contributed by atoms with E-state index in [1.165, 1.54) is 20.3 Å². The molecule has 0 saturated heterocycles. The lowest BCUT2D eigenvalue weighted by atomic mass is 10.1. The van der Waals surface area contributed by atoms with Crippen molar-refractivity contribution in [3.8, 4) is 11.5 Å². The first-order valence-corrected chi connectivity index (χ1v) is 6.27. The quantitative estimate of drug-likeness (QED) is 0.755. The summed E-state index contributed by atoms with van der Waals surface area (Å²) in [6.45, 7) is 1.58. The molecule has 1 aliphatic rings. The number of hydrogen-bond donors (Lipinski definition) is 0. The molecule has 0 saturated carbocycles. The zero-order valence-corrected chi connectivity index (χ0v) is 10.5. The molecule has 0 amide bonds. The van der Waals surface area contributed by atoms with Gasteiger partial charge >= 0.3 is 10.1 Å². The van der Waals surface area contributed by atoms with Crippen molar-refractivity contribution >= 4 is 16.2 Å². The van der Waals surface area contributed by atoms with E-state index in [-0.39, 0.29) is 4.90 Å². The first-order chi connectivity index (χ1) is 7.97. The van der Waals surface area contributed by atoms with Crippen LogP contribution in [0, 0.1) is 0 Å². The molecule has 0 aromatic heterocycles. The molecule has 0 N–H and O–H groups in total. The third-order valence-corrected chi connectivity index (χ3v) is 3.76. The van der Waals surface area contributed by atoms with Crippen LogP contribution in [0.3, 0.4) is 0 Å². The normalized spacial score (nSPS) is 16.5. The standard InChI is InChI=1S/C11H12O5S/c1-7-4-8-5-9(14-2)10(15-3)6-11(8)17(12,13)16-7/h4-6H,1-3H3. The SMILES string of the molecule is COc1cc2c(cc1OC)S(=O)(=O)OC(C)=C2. The van der Waals surface area contributed by atoms with Crippen LogP contribution in [0.4, 0.5) is 0 Å². The second-order valence-electron chi connectivity index (χ2n) is 3.54. The van der Waals surface area contributed by atoms with Crippen LogP contribution in [-0.2, 0) is 14.3 Å². The maximum Gasteiger partial charge on any atom is 0.339 e. The van der Waals surface area contributed by atoms with Crippen LogP contribution in [0.25, 0.3) is 6.08 Å². The highest BCUT2D eigenvalue weighted by molar-refractivity contribution is 7.87. The van der Waals surface area contributed by atoms with E-state index in [0.29, 0.717) is 22.8 Å². The highest BCUT2D eigenvalue weighted by atomic mass is 32.2. The Labute approximate surface area is 99.7 Å². The fraction of sp³-hybridized carbons (Fsp3) is 0.273. The van der Waals surface area contributed by atoms with Crippen molar-refractivity contribution in [2.45, 2.75) is 11.8 Å². The zero-order chi connectivity index (χ0) is 12.6. The van der Waals surface area contributed by atoms with Crippen LogP contribution in [0.2, 0.25) is 0 Å². The van der Waals surface area contributed by atoms with E-state index < -0.39 is 10.1 Å². The van der Waals surface area contributed by atoms with Crippen molar-refractivity contribution in [2.75, 3.05) is 14.2 Å². The van der Waals surface area contributed by atoms with Gasteiger partial charge in [0.15, 0.2) is 11.5 Å². The summed E-state index contributed by atoms with van der Waals surface area (Å²) in [4.78, 5) is 0.0840. The zero-order valence-electron chi connectivity index (χ0n) is 9.68. The van der Waals surface area contributed by atoms with E-state index in [9.17, 15) is 8.42 Å². The molecule has 1 heterocycles. The molecule has 0 bridgehead atoms. The van der Waals surface area contributed by atoms with E-state index in [0.717, 1.165) is 0 Å². The van der Waals surface area contributed by atoms with Crippen LogP contribution in [0.5, 0.6) is 11.5 Å². The third-order valence-electron chi connectivity index (χ3n) is 2.39. The lowest BCUT2D eigenvalue weighted by molar-refractivity contribution is 0.352. The molecule has 5 nitrogen and oxygen atoms in total. The molecule has 0 radical (unpaired) electrons. The average molecular weight is 256 g/mol. The van der Waals surface area contributed by atoms with Gasteiger partial charge in [-0.2, -0.15) is 8.42 Å². The van der Waals surface area contributed by atoms with E-state index in [1.54, 1.807) is 19.1 Å². The van der Waals surface area contributed by atoms with Gasteiger partial charge in [0.1, 0.15) is 10.7 Å². The molecule has 92 valence electrons. The molecule has 1 aliphatic heterocycles. The van der Waals surface area contributed by atoms with E-state index in [4.69, 9.17) is 13.7 Å². The van der Waals surface area contributed by atoms with Crippen LogP contribution in [0.1, 0.15) is 12.5 Å². The minimum atomic E-state index is -3.75. The summed E-state index contributed by atoms with van der Waals surface area (Å²) in [6.07, 6.45) is 1.64. The first-order valence-electron chi connectivity index (χ1n) is 4.87. The molecule has 0 fully saturated rings. The van der Waals surface area contributed by atoms with Gasteiger partial charge < -0.3 is 13.7 Å². The van der Waals surface area contributed by atoms with Gasteiger partial charge in [-0.25, -0.2) is 0 Å². The summed E-state index contributed by atoms with van der Waals surface area (Å²) < 4.78 is 38.6. The van der Waals surface area contributed by atoms with Gasteiger partial charge in [0.05, 0.1) is 14.2 Å². The smallest absolute Gasteiger partial charge is 0.339 e. The van der Waals surface area contributed by atoms with Crippen molar-refractivity contribution in [1.82, 2.24) is 0 Å². The van der Waals surface area contributed by atoms with Crippen molar-refractivity contribution in [3.63, 3.8) is 0 Å². The average Bonchev–Trinajstić information content (AvgIpc) is 2.26. The predicted molar refractivity (Wildman–Crippen MR) is 61.5 cm³/mol. The molecule has 6 heteroatoms. The highest BCUT2D eigenvalue weighted by Gasteiger charge is 2.26. The van der Waals surface area contributed by atoms with Crippen LogP contribution < -0.4 is 9.47 Å². The molecule has 1 aromatic carbocycles. The number of methoxy groups -OCH3 is 2. The van der Waals surface area contributed by atoms with Gasteiger partial charge in [0.25, 0.3) is 0 Å². The van der Waals surface area contributed by atoms with E-state index in [1.807, 2.05) is 0 Å². The number of hydrogen-bond acceptors (Lipinski definition) is 5. The number of allylic oxidation sites excluding steroid dienone is 1. The lowest BCUT2D eigenvalue weighted by Crippen LogP contribution is -2.11. The summed E-state index contributed by atoms with van der Waals surface area (Å²) in [7, 11) is -0.812. The Kier molecular flexibility index (Phi) is 2.74. The number of rotatable bonds is 2. The molecule has 0 unspecified atom stereocenters. The molecule has 0 atom stereocenters. The maximum absolute atomic E-state index is 11.8. The second-order valence-corrected chi connectivity index (χ2v) is 5.05. The summed E-state index contributed by atoms with van der Waals surface area (Å²) in [5, 5.41) is 0. The second kappa shape index (κ2) is 3.96. The summed E-state index contributed by atoms with van der Waals surface area (Å²) in [5.74, 6) is 1.16. The fourth-order valence-electron chi connectivity index (χ4n) is 1.67. The van der Waals surface area contributed by atoms with Crippen LogP contribution in [-0.4, -0.2) is 22.6 Å². The minimum Gasteiger partial charge on any atom is -0.493 e. The lowest BCUT2D eigenvalue weighted by Gasteiger charge is -2.17. The van der Waals surface area contributed by atoms with Gasteiger partial charge in [0, 0.05) is 11.6 Å². The monoisotopic (exact) mass is 256 g/mol. The Morgan fingerprint density at radius 2 is 1.71 bits per heavy atom. The number of benzene rings is 1. The van der Waals surface area contributed by atoms with E-state index >= 15 is 0 Å². The maximum atomic E-state index is 11.8. The molecule has 2 rings (SSSR count). The third kappa shape index (κ3) is 1.95. The van der Waals surface area contributed by atoms with Crippen molar-refractivity contribution in [3.05, 3.63) is 23.5 Å². The van der Waals surface area contributed by atoms with Gasteiger partial charge in [-0.05, 0) is 19.1 Å². The van der Waals surface area contributed by atoms with Crippen molar-refractivity contribution in [2.24, 2.45) is 0 Å². The van der Waals surface area contributed by atoms with Gasteiger partial charge in [-0.1, -0.05) is 0 Å². The van der Waals surface area contributed by atoms with Crippen LogP contribution >= 0.6 is 0 Å². The number of fused-ring (bicyclic) bond motifs is 1. The predicted octanol–water partition coefficient (Wildman–Crippen LogP) is 1.78. The first kappa shape index (κ1) is 11.8. The summed E-state index contributed by atoms with van der Waals surface area (Å²) >= 11 is 0.